The molecule has 1 fully saturated rings. The Hall–Kier alpha value is -3.16. The van der Waals surface area contributed by atoms with E-state index in [0.29, 0.717) is 18.3 Å². The zero-order valence-corrected chi connectivity index (χ0v) is 15.9. The first-order valence-corrected chi connectivity index (χ1v) is 9.29. The number of aryl methyl sites for hydroxylation is 1. The maximum atomic E-state index is 13.0. The standard InChI is InChI=1S/C20H25FN6O/c1-15-2-7-18(24-14-15)25-19(28)8-9-23-20(22)27-12-10-26(11-13-27)17-5-3-16(21)4-6-17/h2-7,14H,8-13H2,1H3,(H2,22,23)(H,24,25,28). The smallest absolute Gasteiger partial charge is 0.227 e. The van der Waals surface area contributed by atoms with Crippen LogP contribution in [0.15, 0.2) is 47.6 Å². The summed E-state index contributed by atoms with van der Waals surface area (Å²) >= 11 is 0. The van der Waals surface area contributed by atoms with Gasteiger partial charge in [-0.15, -0.1) is 0 Å². The van der Waals surface area contributed by atoms with E-state index in [2.05, 4.69) is 20.2 Å². The maximum Gasteiger partial charge on any atom is 0.227 e. The van der Waals surface area contributed by atoms with Crippen molar-refractivity contribution in [1.82, 2.24) is 9.88 Å². The first kappa shape index (κ1) is 19.6. The second-order valence-electron chi connectivity index (χ2n) is 6.71. The van der Waals surface area contributed by atoms with Crippen molar-refractivity contribution in [2.24, 2.45) is 10.7 Å². The minimum Gasteiger partial charge on any atom is -0.370 e. The lowest BCUT2D eigenvalue weighted by molar-refractivity contribution is -0.116. The fourth-order valence-electron chi connectivity index (χ4n) is 2.96. The molecule has 0 unspecified atom stereocenters. The van der Waals surface area contributed by atoms with Crippen molar-refractivity contribution in [3.8, 4) is 0 Å². The Kier molecular flexibility index (Phi) is 6.41. The van der Waals surface area contributed by atoms with Gasteiger partial charge in [0.05, 0.1) is 6.54 Å². The highest BCUT2D eigenvalue weighted by Crippen LogP contribution is 2.16. The number of carbonyl (C=O) groups excluding carboxylic acids is 1. The highest BCUT2D eigenvalue weighted by Gasteiger charge is 2.18. The number of nitrogens with zero attached hydrogens (tertiary/aromatic N) is 4. The summed E-state index contributed by atoms with van der Waals surface area (Å²) in [4.78, 5) is 24.6. The number of pyridine rings is 1. The Morgan fingerprint density at radius 2 is 1.89 bits per heavy atom. The topological polar surface area (TPSA) is 86.8 Å². The van der Waals surface area contributed by atoms with Crippen LogP contribution in [0.25, 0.3) is 0 Å². The number of rotatable bonds is 5. The number of aromatic nitrogens is 1. The van der Waals surface area contributed by atoms with Gasteiger partial charge in [0.2, 0.25) is 5.91 Å². The van der Waals surface area contributed by atoms with Gasteiger partial charge in [-0.05, 0) is 42.8 Å². The second-order valence-corrected chi connectivity index (χ2v) is 6.71. The zero-order chi connectivity index (χ0) is 19.9. The molecule has 0 radical (unpaired) electrons. The number of halogens is 1. The minimum absolute atomic E-state index is 0.144. The Labute approximate surface area is 164 Å². The van der Waals surface area contributed by atoms with Crippen molar-refractivity contribution in [1.29, 1.82) is 0 Å². The summed E-state index contributed by atoms with van der Waals surface area (Å²) in [5.41, 5.74) is 8.11. The number of piperazine rings is 1. The van der Waals surface area contributed by atoms with Gasteiger partial charge in [0.15, 0.2) is 5.96 Å². The van der Waals surface area contributed by atoms with E-state index in [4.69, 9.17) is 5.73 Å². The van der Waals surface area contributed by atoms with Gasteiger partial charge in [-0.1, -0.05) is 6.07 Å². The predicted octanol–water partition coefficient (Wildman–Crippen LogP) is 1.99. The number of nitrogens with two attached hydrogens (primary N) is 1. The summed E-state index contributed by atoms with van der Waals surface area (Å²) in [6.07, 6.45) is 1.95. The van der Waals surface area contributed by atoms with E-state index in [-0.39, 0.29) is 18.1 Å². The van der Waals surface area contributed by atoms with Crippen LogP contribution in [-0.2, 0) is 4.79 Å². The first-order chi connectivity index (χ1) is 13.5. The number of benzene rings is 1. The molecule has 0 aliphatic carbocycles. The molecule has 2 aromatic rings. The zero-order valence-electron chi connectivity index (χ0n) is 15.9. The number of carbonyl (C=O) groups is 1. The average molecular weight is 384 g/mol. The first-order valence-electron chi connectivity index (χ1n) is 9.29. The van der Waals surface area contributed by atoms with Crippen LogP contribution in [0.2, 0.25) is 0 Å². The Bertz CT molecular complexity index is 814. The summed E-state index contributed by atoms with van der Waals surface area (Å²) in [6.45, 7) is 5.28. The largest absolute Gasteiger partial charge is 0.370 e. The molecule has 148 valence electrons. The van der Waals surface area contributed by atoms with Crippen LogP contribution in [0.3, 0.4) is 0 Å². The normalized spacial score (nSPS) is 14.9. The molecule has 0 atom stereocenters. The van der Waals surface area contributed by atoms with Gasteiger partial charge in [-0.2, -0.15) is 0 Å². The molecule has 0 spiro atoms. The third kappa shape index (κ3) is 5.42. The number of hydrogen-bond donors (Lipinski definition) is 2. The van der Waals surface area contributed by atoms with Crippen LogP contribution in [-0.4, -0.2) is 54.5 Å². The van der Waals surface area contributed by atoms with Crippen LogP contribution in [0.4, 0.5) is 15.9 Å². The molecular weight excluding hydrogens is 359 g/mol. The van der Waals surface area contributed by atoms with Crippen molar-refractivity contribution in [2.75, 3.05) is 42.9 Å². The van der Waals surface area contributed by atoms with E-state index < -0.39 is 0 Å². The Morgan fingerprint density at radius 1 is 1.18 bits per heavy atom. The van der Waals surface area contributed by atoms with E-state index >= 15 is 0 Å². The van der Waals surface area contributed by atoms with Crippen molar-refractivity contribution in [3.05, 3.63) is 54.0 Å². The van der Waals surface area contributed by atoms with Crippen molar-refractivity contribution in [2.45, 2.75) is 13.3 Å². The van der Waals surface area contributed by atoms with Crippen LogP contribution < -0.4 is 16.0 Å². The highest BCUT2D eigenvalue weighted by atomic mass is 19.1. The molecule has 3 rings (SSSR count). The number of aliphatic imine (C=N–C) groups is 1. The summed E-state index contributed by atoms with van der Waals surface area (Å²) in [5, 5.41) is 2.74. The molecule has 7 nitrogen and oxygen atoms in total. The van der Waals surface area contributed by atoms with Gasteiger partial charge in [0.1, 0.15) is 11.6 Å². The van der Waals surface area contributed by atoms with E-state index in [1.165, 1.54) is 12.1 Å². The molecule has 1 aromatic heterocycles. The number of guanidine groups is 1. The van der Waals surface area contributed by atoms with Gasteiger partial charge in [0.25, 0.3) is 0 Å². The molecule has 0 saturated carbocycles. The van der Waals surface area contributed by atoms with E-state index in [1.807, 2.05) is 17.9 Å². The van der Waals surface area contributed by atoms with Crippen molar-refractivity contribution in [3.63, 3.8) is 0 Å². The molecule has 1 amide bonds. The van der Waals surface area contributed by atoms with Crippen molar-refractivity contribution < 1.29 is 9.18 Å². The second kappa shape index (κ2) is 9.16. The summed E-state index contributed by atoms with van der Waals surface area (Å²) in [7, 11) is 0. The predicted molar refractivity (Wildman–Crippen MR) is 109 cm³/mol. The molecular formula is C20H25FN6O. The average Bonchev–Trinajstić information content (AvgIpc) is 2.70. The van der Waals surface area contributed by atoms with Gasteiger partial charge >= 0.3 is 0 Å². The summed E-state index contributed by atoms with van der Waals surface area (Å²) < 4.78 is 13.0. The van der Waals surface area contributed by atoms with Gasteiger partial charge in [0, 0.05) is 44.5 Å². The lowest BCUT2D eigenvalue weighted by atomic mass is 10.2. The monoisotopic (exact) mass is 384 g/mol. The molecule has 3 N–H and O–H groups in total. The van der Waals surface area contributed by atoms with Crippen LogP contribution in [0, 0.1) is 12.7 Å². The van der Waals surface area contributed by atoms with Gasteiger partial charge < -0.3 is 20.9 Å². The molecule has 1 aliphatic rings. The molecule has 1 aromatic carbocycles. The molecule has 1 saturated heterocycles. The van der Waals surface area contributed by atoms with Crippen molar-refractivity contribution >= 4 is 23.4 Å². The third-order valence-corrected chi connectivity index (χ3v) is 4.59. The van der Waals surface area contributed by atoms with Crippen LogP contribution >= 0.6 is 0 Å². The molecule has 2 heterocycles. The number of amides is 1. The highest BCUT2D eigenvalue weighted by molar-refractivity contribution is 5.90. The van der Waals surface area contributed by atoms with Crippen LogP contribution in [0.5, 0.6) is 0 Å². The van der Waals surface area contributed by atoms with Crippen LogP contribution in [0.1, 0.15) is 12.0 Å². The molecule has 8 heteroatoms. The summed E-state index contributed by atoms with van der Waals surface area (Å²) in [6, 6.07) is 10.2. The Balaban J connectivity index is 1.42. The molecule has 28 heavy (non-hydrogen) atoms. The lowest BCUT2D eigenvalue weighted by Crippen LogP contribution is -2.51. The van der Waals surface area contributed by atoms with Gasteiger partial charge in [-0.25, -0.2) is 9.37 Å². The van der Waals surface area contributed by atoms with Gasteiger partial charge in [-0.3, -0.25) is 9.79 Å². The Morgan fingerprint density at radius 3 is 2.54 bits per heavy atom. The van der Waals surface area contributed by atoms with E-state index in [9.17, 15) is 9.18 Å². The quantitative estimate of drug-likeness (QED) is 0.608. The fraction of sp³-hybridized carbons (Fsp3) is 0.350. The van der Waals surface area contributed by atoms with E-state index in [1.54, 1.807) is 24.4 Å². The number of nitrogens with one attached hydrogen (secondary N) is 1. The third-order valence-electron chi connectivity index (χ3n) is 4.59. The lowest BCUT2D eigenvalue weighted by Gasteiger charge is -2.36. The van der Waals surface area contributed by atoms with E-state index in [0.717, 1.165) is 37.4 Å². The maximum absolute atomic E-state index is 13.0. The molecule has 1 aliphatic heterocycles. The number of hydrogen-bond acceptors (Lipinski definition) is 4. The minimum atomic E-state index is -0.235. The number of anilines is 2. The SMILES string of the molecule is Cc1ccc(NC(=O)CCN=C(N)N2CCN(c3ccc(F)cc3)CC2)nc1. The molecule has 0 bridgehead atoms. The fourth-order valence-corrected chi connectivity index (χ4v) is 2.96. The summed E-state index contributed by atoms with van der Waals surface area (Å²) in [5.74, 6) is 0.597.